The van der Waals surface area contributed by atoms with Crippen LogP contribution in [0.4, 0.5) is 0 Å². The van der Waals surface area contributed by atoms with E-state index in [9.17, 15) is 9.59 Å². The first-order valence-electron chi connectivity index (χ1n) is 7.06. The largest absolute Gasteiger partial charge is 0.335 e. The highest BCUT2D eigenvalue weighted by molar-refractivity contribution is 5.99. The number of carbonyl (C=O) groups is 2. The Hall–Kier alpha value is -1.64. The molecule has 19 heavy (non-hydrogen) atoms. The van der Waals surface area contributed by atoms with Crippen LogP contribution in [-0.2, 0) is 4.79 Å². The number of ketones is 1. The summed E-state index contributed by atoms with van der Waals surface area (Å²) in [5.74, 6) is 0.782. The van der Waals surface area contributed by atoms with Crippen molar-refractivity contribution in [3.8, 4) is 0 Å². The van der Waals surface area contributed by atoms with Crippen LogP contribution in [0.1, 0.15) is 43.0 Å². The van der Waals surface area contributed by atoms with Crippen molar-refractivity contribution in [2.24, 2.45) is 5.92 Å². The van der Waals surface area contributed by atoms with Gasteiger partial charge in [-0.2, -0.15) is 0 Å². The van der Waals surface area contributed by atoms with E-state index in [-0.39, 0.29) is 18.2 Å². The molecule has 0 spiro atoms. The van der Waals surface area contributed by atoms with Crippen LogP contribution in [0.2, 0.25) is 0 Å². The second kappa shape index (κ2) is 6.50. The van der Waals surface area contributed by atoms with Gasteiger partial charge >= 0.3 is 0 Å². The molecular formula is C16H21NO2. The summed E-state index contributed by atoms with van der Waals surface area (Å²) in [6.07, 6.45) is 3.68. The van der Waals surface area contributed by atoms with Gasteiger partial charge in [-0.25, -0.2) is 0 Å². The molecule has 1 aromatic carbocycles. The van der Waals surface area contributed by atoms with Crippen LogP contribution in [0.5, 0.6) is 0 Å². The van der Waals surface area contributed by atoms with Crippen LogP contribution >= 0.6 is 0 Å². The number of carbonyl (C=O) groups excluding carboxylic acids is 2. The van der Waals surface area contributed by atoms with Gasteiger partial charge in [0.25, 0.3) is 0 Å². The van der Waals surface area contributed by atoms with E-state index in [0.717, 1.165) is 25.8 Å². The standard InChI is InChI=1S/C16H21NO2/c1-2-13-8-9-16(19)17(11-10-13)12-15(18)14-6-4-3-5-7-14/h3-7,13H,2,8-12H2,1H3. The van der Waals surface area contributed by atoms with Crippen LogP contribution in [0.25, 0.3) is 0 Å². The highest BCUT2D eigenvalue weighted by Crippen LogP contribution is 2.21. The maximum atomic E-state index is 12.1. The monoisotopic (exact) mass is 259 g/mol. The SMILES string of the molecule is CCC1CCC(=O)N(CC(=O)c2ccccc2)CC1. The predicted molar refractivity (Wildman–Crippen MR) is 75.0 cm³/mol. The van der Waals surface area contributed by atoms with Crippen molar-refractivity contribution in [2.45, 2.75) is 32.6 Å². The number of amides is 1. The summed E-state index contributed by atoms with van der Waals surface area (Å²) in [5, 5.41) is 0. The highest BCUT2D eigenvalue weighted by atomic mass is 16.2. The molecule has 3 heteroatoms. The van der Waals surface area contributed by atoms with E-state index in [2.05, 4.69) is 6.92 Å². The van der Waals surface area contributed by atoms with E-state index >= 15 is 0 Å². The van der Waals surface area contributed by atoms with Gasteiger partial charge in [-0.1, -0.05) is 43.7 Å². The van der Waals surface area contributed by atoms with E-state index in [1.165, 1.54) is 0 Å². The van der Waals surface area contributed by atoms with Crippen molar-refractivity contribution in [1.82, 2.24) is 4.90 Å². The molecule has 0 bridgehead atoms. The Bertz CT molecular complexity index is 441. The lowest BCUT2D eigenvalue weighted by atomic mass is 9.98. The summed E-state index contributed by atoms with van der Waals surface area (Å²) in [6.45, 7) is 3.11. The number of Topliss-reactive ketones (excluding diaryl/α,β-unsaturated/α-hetero) is 1. The molecule has 0 N–H and O–H groups in total. The van der Waals surface area contributed by atoms with Gasteiger partial charge in [-0.15, -0.1) is 0 Å². The average Bonchev–Trinajstić information content (AvgIpc) is 2.62. The third-order valence-corrected chi connectivity index (χ3v) is 3.93. The Morgan fingerprint density at radius 2 is 2.00 bits per heavy atom. The number of hydrogen-bond donors (Lipinski definition) is 0. The molecule has 3 nitrogen and oxygen atoms in total. The molecular weight excluding hydrogens is 238 g/mol. The number of nitrogens with zero attached hydrogens (tertiary/aromatic N) is 1. The first kappa shape index (κ1) is 13.8. The fourth-order valence-corrected chi connectivity index (χ4v) is 2.56. The summed E-state index contributed by atoms with van der Waals surface area (Å²) in [4.78, 5) is 25.9. The van der Waals surface area contributed by atoms with E-state index in [0.29, 0.717) is 17.9 Å². The maximum Gasteiger partial charge on any atom is 0.222 e. The molecule has 0 saturated carbocycles. The van der Waals surface area contributed by atoms with Crippen LogP contribution in [0, 0.1) is 5.92 Å². The Balaban J connectivity index is 1.98. The molecule has 1 atom stereocenters. The molecule has 1 aliphatic heterocycles. The van der Waals surface area contributed by atoms with E-state index < -0.39 is 0 Å². The molecule has 0 aromatic heterocycles. The Morgan fingerprint density at radius 1 is 1.26 bits per heavy atom. The smallest absolute Gasteiger partial charge is 0.222 e. The highest BCUT2D eigenvalue weighted by Gasteiger charge is 2.23. The third-order valence-electron chi connectivity index (χ3n) is 3.93. The lowest BCUT2D eigenvalue weighted by Gasteiger charge is -2.20. The second-order valence-electron chi connectivity index (χ2n) is 5.21. The topological polar surface area (TPSA) is 37.4 Å². The fourth-order valence-electron chi connectivity index (χ4n) is 2.56. The molecule has 102 valence electrons. The van der Waals surface area contributed by atoms with Gasteiger partial charge in [-0.05, 0) is 18.8 Å². The zero-order valence-electron chi connectivity index (χ0n) is 11.5. The van der Waals surface area contributed by atoms with Crippen molar-refractivity contribution < 1.29 is 9.59 Å². The van der Waals surface area contributed by atoms with Gasteiger partial charge in [-0.3, -0.25) is 9.59 Å². The summed E-state index contributed by atoms with van der Waals surface area (Å²) >= 11 is 0. The fraction of sp³-hybridized carbons (Fsp3) is 0.500. The zero-order valence-corrected chi connectivity index (χ0v) is 11.5. The Labute approximate surface area is 114 Å². The minimum Gasteiger partial charge on any atom is -0.335 e. The number of likely N-dealkylation sites (tertiary alicyclic amines) is 1. The molecule has 0 radical (unpaired) electrons. The quantitative estimate of drug-likeness (QED) is 0.780. The van der Waals surface area contributed by atoms with Crippen LogP contribution in [-0.4, -0.2) is 29.7 Å². The Morgan fingerprint density at radius 3 is 2.68 bits per heavy atom. The average molecular weight is 259 g/mol. The van der Waals surface area contributed by atoms with E-state index in [1.54, 1.807) is 17.0 Å². The third kappa shape index (κ3) is 3.66. The van der Waals surface area contributed by atoms with Gasteiger partial charge in [0.1, 0.15) is 0 Å². The van der Waals surface area contributed by atoms with Crippen molar-refractivity contribution in [2.75, 3.05) is 13.1 Å². The number of benzene rings is 1. The summed E-state index contributed by atoms with van der Waals surface area (Å²) < 4.78 is 0. The lowest BCUT2D eigenvalue weighted by Crippen LogP contribution is -2.35. The maximum absolute atomic E-state index is 12.1. The molecule has 1 unspecified atom stereocenters. The summed E-state index contributed by atoms with van der Waals surface area (Å²) in [6, 6.07) is 9.20. The molecule has 1 aromatic rings. The minimum absolute atomic E-state index is 0.0314. The Kier molecular flexibility index (Phi) is 4.72. The molecule has 1 heterocycles. The first-order valence-corrected chi connectivity index (χ1v) is 7.06. The predicted octanol–water partition coefficient (Wildman–Crippen LogP) is 2.91. The van der Waals surface area contributed by atoms with Gasteiger partial charge in [0.2, 0.25) is 5.91 Å². The van der Waals surface area contributed by atoms with E-state index in [1.807, 2.05) is 18.2 Å². The van der Waals surface area contributed by atoms with E-state index in [4.69, 9.17) is 0 Å². The number of hydrogen-bond acceptors (Lipinski definition) is 2. The van der Waals surface area contributed by atoms with Crippen molar-refractivity contribution >= 4 is 11.7 Å². The molecule has 1 saturated heterocycles. The van der Waals surface area contributed by atoms with Crippen LogP contribution < -0.4 is 0 Å². The van der Waals surface area contributed by atoms with Crippen LogP contribution in [0.15, 0.2) is 30.3 Å². The van der Waals surface area contributed by atoms with Gasteiger partial charge in [0, 0.05) is 18.5 Å². The second-order valence-corrected chi connectivity index (χ2v) is 5.21. The molecule has 1 fully saturated rings. The summed E-state index contributed by atoms with van der Waals surface area (Å²) in [5.41, 5.74) is 0.687. The lowest BCUT2D eigenvalue weighted by molar-refractivity contribution is -0.130. The zero-order chi connectivity index (χ0) is 13.7. The van der Waals surface area contributed by atoms with Crippen molar-refractivity contribution in [3.63, 3.8) is 0 Å². The minimum atomic E-state index is 0.0314. The van der Waals surface area contributed by atoms with Gasteiger partial charge < -0.3 is 4.90 Å². The molecule has 1 aliphatic rings. The van der Waals surface area contributed by atoms with Crippen LogP contribution in [0.3, 0.4) is 0 Å². The van der Waals surface area contributed by atoms with Gasteiger partial charge in [0.05, 0.1) is 6.54 Å². The number of rotatable bonds is 4. The normalized spacial score (nSPS) is 20.2. The summed E-state index contributed by atoms with van der Waals surface area (Å²) in [7, 11) is 0. The molecule has 0 aliphatic carbocycles. The molecule has 1 amide bonds. The molecule has 2 rings (SSSR count). The van der Waals surface area contributed by atoms with Gasteiger partial charge in [0.15, 0.2) is 5.78 Å². The van der Waals surface area contributed by atoms with Crippen molar-refractivity contribution in [3.05, 3.63) is 35.9 Å². The van der Waals surface area contributed by atoms with Crippen molar-refractivity contribution in [1.29, 1.82) is 0 Å². The first-order chi connectivity index (χ1) is 9.20.